The molecule has 0 fully saturated rings. The molecule has 3 aromatic rings. The van der Waals surface area contributed by atoms with E-state index in [1.165, 1.54) is 0 Å². The summed E-state index contributed by atoms with van der Waals surface area (Å²) in [5.74, 6) is 0.341. The second-order valence-electron chi connectivity index (χ2n) is 6.40. The number of nitrogens with one attached hydrogen (secondary N) is 2. The largest absolute Gasteiger partial charge is 0.416 e. The van der Waals surface area contributed by atoms with Crippen LogP contribution in [0.2, 0.25) is 0 Å². The van der Waals surface area contributed by atoms with Gasteiger partial charge in [-0.25, -0.2) is 4.99 Å². The third-order valence-electron chi connectivity index (χ3n) is 4.16. The van der Waals surface area contributed by atoms with Gasteiger partial charge < -0.3 is 0 Å². The fraction of sp³-hybridized carbons (Fsp3) is 0.0952. The van der Waals surface area contributed by atoms with Gasteiger partial charge in [-0.1, -0.05) is 48.0 Å². The van der Waals surface area contributed by atoms with Crippen molar-refractivity contribution < 1.29 is 18.1 Å². The van der Waals surface area contributed by atoms with Gasteiger partial charge in [-0.2, -0.15) is 13.2 Å². The fourth-order valence-corrected chi connectivity index (χ4v) is 2.60. The number of alkyl halides is 3. The lowest BCUT2D eigenvalue weighted by Gasteiger charge is -2.14. The van der Waals surface area contributed by atoms with E-state index in [2.05, 4.69) is 15.8 Å². The van der Waals surface area contributed by atoms with E-state index in [-0.39, 0.29) is 5.69 Å². The van der Waals surface area contributed by atoms with Gasteiger partial charge in [0.25, 0.3) is 5.69 Å². The summed E-state index contributed by atoms with van der Waals surface area (Å²) in [6.07, 6.45) is -4.68. The number of nitro groups is 1. The van der Waals surface area contributed by atoms with Gasteiger partial charge in [0.15, 0.2) is 5.84 Å². The van der Waals surface area contributed by atoms with Crippen LogP contribution < -0.4 is 10.9 Å². The van der Waals surface area contributed by atoms with Crippen LogP contribution in [-0.2, 0) is 6.18 Å². The average molecular weight is 414 g/mol. The highest BCUT2D eigenvalue weighted by Crippen LogP contribution is 2.34. The van der Waals surface area contributed by atoms with Crippen LogP contribution in [-0.4, -0.2) is 10.8 Å². The van der Waals surface area contributed by atoms with Crippen LogP contribution >= 0.6 is 0 Å². The maximum absolute atomic E-state index is 12.9. The molecule has 30 heavy (non-hydrogen) atoms. The molecule has 0 amide bonds. The summed E-state index contributed by atoms with van der Waals surface area (Å²) in [7, 11) is 0. The Morgan fingerprint density at radius 2 is 1.67 bits per heavy atom. The van der Waals surface area contributed by atoms with Crippen molar-refractivity contribution in [2.75, 3.05) is 5.43 Å². The molecule has 0 saturated carbocycles. The number of nitro benzene ring substituents is 1. The minimum Gasteiger partial charge on any atom is -0.293 e. The summed E-state index contributed by atoms with van der Waals surface area (Å²) in [4.78, 5) is 14.9. The van der Waals surface area contributed by atoms with Gasteiger partial charge >= 0.3 is 6.18 Å². The number of aryl methyl sites for hydroxylation is 1. The molecule has 154 valence electrons. The van der Waals surface area contributed by atoms with Crippen LogP contribution in [0.25, 0.3) is 0 Å². The number of hydrogen-bond acceptors (Lipinski definition) is 4. The summed E-state index contributed by atoms with van der Waals surface area (Å²) >= 11 is 0. The van der Waals surface area contributed by atoms with Crippen LogP contribution in [0.1, 0.15) is 16.7 Å². The predicted octanol–water partition coefficient (Wildman–Crippen LogP) is 5.62. The lowest BCUT2D eigenvalue weighted by atomic mass is 10.1. The van der Waals surface area contributed by atoms with Crippen molar-refractivity contribution in [3.8, 4) is 0 Å². The summed E-state index contributed by atoms with van der Waals surface area (Å²) in [5, 5.41) is 11.3. The maximum Gasteiger partial charge on any atom is 0.416 e. The maximum atomic E-state index is 12.9. The first-order valence-corrected chi connectivity index (χ1v) is 8.82. The Morgan fingerprint density at radius 1 is 1.00 bits per heavy atom. The van der Waals surface area contributed by atoms with Gasteiger partial charge in [0.05, 0.1) is 16.2 Å². The number of hydrazine groups is 1. The predicted molar refractivity (Wildman–Crippen MR) is 109 cm³/mol. The van der Waals surface area contributed by atoms with Crippen molar-refractivity contribution in [3.63, 3.8) is 0 Å². The minimum atomic E-state index is -4.68. The van der Waals surface area contributed by atoms with Crippen LogP contribution in [0.15, 0.2) is 77.8 Å². The summed E-state index contributed by atoms with van der Waals surface area (Å²) in [5.41, 5.74) is 5.84. The molecule has 6 nitrogen and oxygen atoms in total. The highest BCUT2D eigenvalue weighted by atomic mass is 19.4. The van der Waals surface area contributed by atoms with Crippen molar-refractivity contribution in [2.24, 2.45) is 4.99 Å². The molecular weight excluding hydrogens is 397 g/mol. The molecule has 0 aliphatic carbocycles. The number of anilines is 1. The number of halogens is 3. The Kier molecular flexibility index (Phi) is 6.01. The zero-order valence-corrected chi connectivity index (χ0v) is 15.8. The van der Waals surface area contributed by atoms with Crippen molar-refractivity contribution in [1.82, 2.24) is 5.43 Å². The van der Waals surface area contributed by atoms with Gasteiger partial charge in [-0.3, -0.25) is 21.0 Å². The molecule has 9 heteroatoms. The van der Waals surface area contributed by atoms with E-state index < -0.39 is 22.4 Å². The molecule has 0 saturated heterocycles. The van der Waals surface area contributed by atoms with Gasteiger partial charge in [-0.05, 0) is 31.2 Å². The van der Waals surface area contributed by atoms with Gasteiger partial charge in [0.2, 0.25) is 0 Å². The van der Waals surface area contributed by atoms with E-state index in [0.717, 1.165) is 17.7 Å². The van der Waals surface area contributed by atoms with Gasteiger partial charge in [0, 0.05) is 11.6 Å². The molecule has 2 N–H and O–H groups in total. The highest BCUT2D eigenvalue weighted by molar-refractivity contribution is 6.01. The molecule has 3 rings (SSSR count). The number of rotatable bonds is 5. The summed E-state index contributed by atoms with van der Waals surface area (Å²) in [6.45, 7) is 1.94. The Balaban J connectivity index is 1.93. The van der Waals surface area contributed by atoms with Crippen LogP contribution in [0, 0.1) is 17.0 Å². The highest BCUT2D eigenvalue weighted by Gasteiger charge is 2.33. The molecule has 3 aromatic carbocycles. The third kappa shape index (κ3) is 5.13. The standard InChI is InChI=1S/C21H17F3N4O2/c1-14-7-10-17(11-8-14)25-20(15-5-3-2-4-6-15)27-26-18-12-9-16(21(22,23)24)13-19(18)28(29)30/h2-13,26H,1H3,(H,25,27). The molecule has 0 spiro atoms. The summed E-state index contributed by atoms with van der Waals surface area (Å²) in [6, 6.07) is 18.6. The molecule has 0 aliphatic rings. The van der Waals surface area contributed by atoms with E-state index >= 15 is 0 Å². The molecule has 0 bridgehead atoms. The first-order valence-electron chi connectivity index (χ1n) is 8.82. The van der Waals surface area contributed by atoms with Crippen LogP contribution in [0.4, 0.5) is 30.2 Å². The van der Waals surface area contributed by atoms with Crippen LogP contribution in [0.5, 0.6) is 0 Å². The topological polar surface area (TPSA) is 79.6 Å². The van der Waals surface area contributed by atoms with E-state index in [0.29, 0.717) is 23.2 Å². The second-order valence-corrected chi connectivity index (χ2v) is 6.40. The second kappa shape index (κ2) is 8.64. The first kappa shape index (κ1) is 20.8. The SMILES string of the molecule is Cc1ccc(N=C(NNc2ccc(C(F)(F)F)cc2[N+](=O)[O-])c2ccccc2)cc1. The number of benzene rings is 3. The smallest absolute Gasteiger partial charge is 0.293 e. The van der Waals surface area contributed by atoms with Crippen molar-refractivity contribution in [1.29, 1.82) is 0 Å². The average Bonchev–Trinajstić information content (AvgIpc) is 2.72. The molecule has 0 unspecified atom stereocenters. The Hall–Kier alpha value is -3.88. The zero-order valence-electron chi connectivity index (χ0n) is 15.8. The lowest BCUT2D eigenvalue weighted by molar-refractivity contribution is -0.384. The van der Waals surface area contributed by atoms with E-state index in [1.54, 1.807) is 36.4 Å². The van der Waals surface area contributed by atoms with Crippen molar-refractivity contribution >= 4 is 22.9 Å². The van der Waals surface area contributed by atoms with Gasteiger partial charge in [0.1, 0.15) is 5.69 Å². The minimum absolute atomic E-state index is 0.125. The molecule has 0 aromatic heterocycles. The van der Waals surface area contributed by atoms with Crippen molar-refractivity contribution in [3.05, 3.63) is 99.6 Å². The first-order chi connectivity index (χ1) is 14.2. The number of hydrogen-bond donors (Lipinski definition) is 2. The van der Waals surface area contributed by atoms with Crippen LogP contribution in [0.3, 0.4) is 0 Å². The lowest BCUT2D eigenvalue weighted by Crippen LogP contribution is -2.30. The molecule has 0 heterocycles. The Bertz CT molecular complexity index is 1070. The summed E-state index contributed by atoms with van der Waals surface area (Å²) < 4.78 is 38.7. The van der Waals surface area contributed by atoms with E-state index in [1.807, 2.05) is 25.1 Å². The third-order valence-corrected chi connectivity index (χ3v) is 4.16. The molecule has 0 aliphatic heterocycles. The Labute approximate surface area is 170 Å². The monoisotopic (exact) mass is 414 g/mol. The van der Waals surface area contributed by atoms with E-state index in [4.69, 9.17) is 0 Å². The fourth-order valence-electron chi connectivity index (χ4n) is 2.60. The molecular formula is C21H17F3N4O2. The normalized spacial score (nSPS) is 11.8. The quantitative estimate of drug-likeness (QED) is 0.246. The van der Waals surface area contributed by atoms with Crippen molar-refractivity contribution in [2.45, 2.75) is 13.1 Å². The number of nitrogens with zero attached hydrogens (tertiary/aromatic N) is 2. The number of amidine groups is 1. The Morgan fingerprint density at radius 3 is 2.27 bits per heavy atom. The molecule has 0 radical (unpaired) electrons. The zero-order chi connectivity index (χ0) is 21.7. The molecule has 0 atom stereocenters. The number of aliphatic imine (C=N–C) groups is 1. The van der Waals surface area contributed by atoms with E-state index in [9.17, 15) is 23.3 Å². The van der Waals surface area contributed by atoms with Gasteiger partial charge in [-0.15, -0.1) is 0 Å².